The molecule has 182 valence electrons. The summed E-state index contributed by atoms with van der Waals surface area (Å²) in [5.74, 6) is 0. The summed E-state index contributed by atoms with van der Waals surface area (Å²) in [5.41, 5.74) is 11.0. The molecule has 0 atom stereocenters. The summed E-state index contributed by atoms with van der Waals surface area (Å²) in [6, 6.07) is 40.8. The first-order valence-electron chi connectivity index (χ1n) is 13.1. The van der Waals surface area contributed by atoms with Gasteiger partial charge in [0.15, 0.2) is 0 Å². The maximum Gasteiger partial charge on any atom is 0.145 e. The molecule has 4 heterocycles. The Morgan fingerprint density at radius 1 is 0.590 bits per heavy atom. The molecule has 0 saturated carbocycles. The van der Waals surface area contributed by atoms with Crippen molar-refractivity contribution in [2.24, 2.45) is 0 Å². The van der Waals surface area contributed by atoms with Crippen LogP contribution in [-0.4, -0.2) is 9.55 Å². The topological polar surface area (TPSA) is 34.2 Å². The number of rotatable bonds is 2. The van der Waals surface area contributed by atoms with Crippen LogP contribution < -0.4 is 4.90 Å². The van der Waals surface area contributed by atoms with Gasteiger partial charge in [0.2, 0.25) is 0 Å². The Balaban J connectivity index is 1.39. The van der Waals surface area contributed by atoms with Crippen molar-refractivity contribution in [3.63, 3.8) is 0 Å². The Kier molecular flexibility index (Phi) is 4.02. The number of benzene rings is 5. The second kappa shape index (κ2) is 7.59. The molecule has 0 fully saturated rings. The van der Waals surface area contributed by atoms with Gasteiger partial charge in [0, 0.05) is 39.8 Å². The van der Waals surface area contributed by atoms with Crippen molar-refractivity contribution in [1.29, 1.82) is 0 Å². The first-order chi connectivity index (χ1) is 19.4. The molecule has 1 aliphatic heterocycles. The van der Waals surface area contributed by atoms with E-state index in [1.165, 1.54) is 10.9 Å². The Hall–Kier alpha value is -5.35. The number of anilines is 3. The summed E-state index contributed by atoms with van der Waals surface area (Å²) in [5, 5.41) is 4.64. The average molecular weight is 500 g/mol. The third-order valence-corrected chi connectivity index (χ3v) is 7.98. The molecule has 5 aromatic carbocycles. The van der Waals surface area contributed by atoms with Crippen LogP contribution in [0.1, 0.15) is 0 Å². The lowest BCUT2D eigenvalue weighted by molar-refractivity contribution is 0.673. The zero-order chi connectivity index (χ0) is 25.5. The fraction of sp³-hybridized carbons (Fsp3) is 0. The molecule has 0 amide bonds. The van der Waals surface area contributed by atoms with Crippen molar-refractivity contribution in [2.75, 3.05) is 4.90 Å². The standard InChI is InChI=1S/C35H21N3O/c1-4-16-32-25(11-1)26-17-18-30-33(35(26)39-32)27-12-6-15-31-34(27)38(30)29-14-3-2-13-28(29)37(31)24-10-5-8-22(20-24)23-9-7-19-36-21-23/h1-21H. The summed E-state index contributed by atoms with van der Waals surface area (Å²) in [6.45, 7) is 0. The molecule has 1 aliphatic rings. The molecule has 8 aromatic rings. The number of hydrogen-bond donors (Lipinski definition) is 0. The zero-order valence-corrected chi connectivity index (χ0v) is 20.9. The van der Waals surface area contributed by atoms with Crippen LogP contribution in [0.2, 0.25) is 0 Å². The molecule has 0 saturated heterocycles. The van der Waals surface area contributed by atoms with Crippen LogP contribution in [0.3, 0.4) is 0 Å². The lowest BCUT2D eigenvalue weighted by Gasteiger charge is -2.33. The molecule has 4 nitrogen and oxygen atoms in total. The minimum Gasteiger partial charge on any atom is -0.455 e. The molecular weight excluding hydrogens is 478 g/mol. The minimum absolute atomic E-state index is 0.918. The fourth-order valence-electron chi connectivity index (χ4n) is 6.35. The van der Waals surface area contributed by atoms with Gasteiger partial charge in [-0.05, 0) is 60.2 Å². The van der Waals surface area contributed by atoms with Gasteiger partial charge in [0.05, 0.1) is 33.5 Å². The molecule has 0 unspecified atom stereocenters. The Morgan fingerprint density at radius 2 is 1.38 bits per heavy atom. The van der Waals surface area contributed by atoms with Crippen LogP contribution >= 0.6 is 0 Å². The van der Waals surface area contributed by atoms with Crippen molar-refractivity contribution in [3.05, 3.63) is 128 Å². The molecular formula is C35H21N3O. The number of para-hydroxylation sites is 4. The predicted molar refractivity (Wildman–Crippen MR) is 160 cm³/mol. The maximum absolute atomic E-state index is 6.52. The van der Waals surface area contributed by atoms with Crippen LogP contribution in [0, 0.1) is 0 Å². The summed E-state index contributed by atoms with van der Waals surface area (Å²) >= 11 is 0. The summed E-state index contributed by atoms with van der Waals surface area (Å²) in [6.07, 6.45) is 3.73. The molecule has 3 aromatic heterocycles. The van der Waals surface area contributed by atoms with Crippen molar-refractivity contribution >= 4 is 60.8 Å². The number of furan rings is 1. The van der Waals surface area contributed by atoms with Crippen LogP contribution in [-0.2, 0) is 0 Å². The highest BCUT2D eigenvalue weighted by molar-refractivity contribution is 6.26. The number of fused-ring (bicyclic) bond motifs is 9. The van der Waals surface area contributed by atoms with Crippen molar-refractivity contribution in [2.45, 2.75) is 0 Å². The third-order valence-electron chi connectivity index (χ3n) is 7.98. The molecule has 0 N–H and O–H groups in total. The lowest BCUT2D eigenvalue weighted by Crippen LogP contribution is -2.18. The first-order valence-corrected chi connectivity index (χ1v) is 13.1. The molecule has 0 spiro atoms. The maximum atomic E-state index is 6.52. The first kappa shape index (κ1) is 20.7. The minimum atomic E-state index is 0.918. The fourth-order valence-corrected chi connectivity index (χ4v) is 6.35. The number of nitrogens with zero attached hydrogens (tertiary/aromatic N) is 3. The van der Waals surface area contributed by atoms with Crippen molar-refractivity contribution < 1.29 is 4.42 Å². The predicted octanol–water partition coefficient (Wildman–Crippen LogP) is 9.53. The second-order valence-corrected chi connectivity index (χ2v) is 10.1. The van der Waals surface area contributed by atoms with Gasteiger partial charge < -0.3 is 13.9 Å². The molecule has 9 rings (SSSR count). The van der Waals surface area contributed by atoms with Crippen LogP contribution in [0.25, 0.3) is 60.6 Å². The average Bonchev–Trinajstić information content (AvgIpc) is 3.55. The van der Waals surface area contributed by atoms with E-state index in [1.54, 1.807) is 0 Å². The van der Waals surface area contributed by atoms with E-state index in [0.717, 1.165) is 66.7 Å². The molecule has 0 radical (unpaired) electrons. The molecule has 39 heavy (non-hydrogen) atoms. The number of aromatic nitrogens is 2. The van der Waals surface area contributed by atoms with Crippen LogP contribution in [0.15, 0.2) is 132 Å². The second-order valence-electron chi connectivity index (χ2n) is 10.1. The zero-order valence-electron chi connectivity index (χ0n) is 20.9. The van der Waals surface area contributed by atoms with E-state index in [4.69, 9.17) is 4.42 Å². The monoisotopic (exact) mass is 499 g/mol. The Morgan fingerprint density at radius 3 is 2.31 bits per heavy atom. The van der Waals surface area contributed by atoms with Gasteiger partial charge in [0.25, 0.3) is 0 Å². The van der Waals surface area contributed by atoms with E-state index < -0.39 is 0 Å². The highest BCUT2D eigenvalue weighted by atomic mass is 16.3. The SMILES string of the molecule is c1cncc(-c2cccc(N3c4ccccc4-n4c5ccc6c7ccccc7oc6c5c5cccc3c54)c2)c1. The lowest BCUT2D eigenvalue weighted by atomic mass is 10.0. The van der Waals surface area contributed by atoms with Crippen molar-refractivity contribution in [3.8, 4) is 16.8 Å². The van der Waals surface area contributed by atoms with Gasteiger partial charge >= 0.3 is 0 Å². The highest BCUT2D eigenvalue weighted by Gasteiger charge is 2.29. The van der Waals surface area contributed by atoms with Gasteiger partial charge in [-0.25, -0.2) is 0 Å². The summed E-state index contributed by atoms with van der Waals surface area (Å²) in [7, 11) is 0. The van der Waals surface area contributed by atoms with Crippen LogP contribution in [0.5, 0.6) is 0 Å². The smallest absolute Gasteiger partial charge is 0.145 e. The van der Waals surface area contributed by atoms with E-state index in [1.807, 2.05) is 24.5 Å². The van der Waals surface area contributed by atoms with Gasteiger partial charge in [-0.3, -0.25) is 4.98 Å². The Bertz CT molecular complexity index is 2240. The van der Waals surface area contributed by atoms with E-state index in [0.29, 0.717) is 0 Å². The van der Waals surface area contributed by atoms with Crippen molar-refractivity contribution in [1.82, 2.24) is 9.55 Å². The van der Waals surface area contributed by atoms with E-state index in [9.17, 15) is 0 Å². The largest absolute Gasteiger partial charge is 0.455 e. The normalized spacial score (nSPS) is 12.6. The quantitative estimate of drug-likeness (QED) is 0.237. The van der Waals surface area contributed by atoms with E-state index in [-0.39, 0.29) is 0 Å². The van der Waals surface area contributed by atoms with Gasteiger partial charge in [-0.15, -0.1) is 0 Å². The van der Waals surface area contributed by atoms with Gasteiger partial charge in [-0.2, -0.15) is 0 Å². The number of hydrogen-bond acceptors (Lipinski definition) is 3. The van der Waals surface area contributed by atoms with Crippen LogP contribution in [0.4, 0.5) is 17.1 Å². The third kappa shape index (κ3) is 2.75. The summed E-state index contributed by atoms with van der Waals surface area (Å²) < 4.78 is 8.93. The Labute approximate surface area is 224 Å². The number of pyridine rings is 1. The van der Waals surface area contributed by atoms with Gasteiger partial charge in [0.1, 0.15) is 11.2 Å². The van der Waals surface area contributed by atoms with Gasteiger partial charge in [-0.1, -0.05) is 60.7 Å². The van der Waals surface area contributed by atoms with E-state index in [2.05, 4.69) is 118 Å². The molecule has 0 aliphatic carbocycles. The molecule has 0 bridgehead atoms. The molecule has 4 heteroatoms. The van der Waals surface area contributed by atoms with E-state index >= 15 is 0 Å². The summed E-state index contributed by atoms with van der Waals surface area (Å²) in [4.78, 5) is 6.72. The highest BCUT2D eigenvalue weighted by Crippen LogP contribution is 2.51.